The fourth-order valence-electron chi connectivity index (χ4n) is 2.30. The molecule has 3 aromatic rings. The zero-order valence-electron chi connectivity index (χ0n) is 13.3. The van der Waals surface area contributed by atoms with Crippen LogP contribution in [0.3, 0.4) is 0 Å². The first-order chi connectivity index (χ1) is 12.5. The van der Waals surface area contributed by atoms with Gasteiger partial charge in [-0.15, -0.1) is 0 Å². The van der Waals surface area contributed by atoms with Crippen molar-refractivity contribution in [1.29, 1.82) is 0 Å². The van der Waals surface area contributed by atoms with Crippen molar-refractivity contribution in [2.45, 2.75) is 6.54 Å². The summed E-state index contributed by atoms with van der Waals surface area (Å²) in [5, 5.41) is 17.3. The number of hydrogen-bond acceptors (Lipinski definition) is 4. The van der Waals surface area contributed by atoms with Crippen molar-refractivity contribution >= 4 is 46.5 Å². The molecular weight excluding hydrogens is 399 g/mol. The van der Waals surface area contributed by atoms with E-state index in [0.29, 0.717) is 16.5 Å². The molecule has 2 heterocycles. The van der Waals surface area contributed by atoms with Crippen LogP contribution in [0.15, 0.2) is 42.5 Å². The Morgan fingerprint density at radius 1 is 1.12 bits per heavy atom. The van der Waals surface area contributed by atoms with Gasteiger partial charge in [-0.3, -0.25) is 4.79 Å². The molecule has 0 aliphatic rings. The molecule has 0 spiro atoms. The normalized spacial score (nSPS) is 10.8. The molecule has 2 N–H and O–H groups in total. The first kappa shape index (κ1) is 18.7. The lowest BCUT2D eigenvalue weighted by atomic mass is 10.1. The van der Waals surface area contributed by atoms with Gasteiger partial charge in [-0.2, -0.15) is 5.10 Å². The van der Waals surface area contributed by atoms with E-state index in [0.717, 1.165) is 5.56 Å². The van der Waals surface area contributed by atoms with Gasteiger partial charge in [0.05, 0.1) is 23.9 Å². The van der Waals surface area contributed by atoms with Gasteiger partial charge >= 0.3 is 0 Å². The predicted molar refractivity (Wildman–Crippen MR) is 102 cm³/mol. The maximum atomic E-state index is 12.5. The fourth-order valence-corrected chi connectivity index (χ4v) is 2.76. The van der Waals surface area contributed by atoms with Crippen LogP contribution < -0.4 is 5.32 Å². The molecule has 0 unspecified atom stereocenters. The number of benzene rings is 1. The minimum Gasteiger partial charge on any atom is -0.394 e. The Kier molecular flexibility index (Phi) is 5.78. The first-order valence-corrected chi connectivity index (χ1v) is 8.69. The Hall–Kier alpha value is -2.12. The van der Waals surface area contributed by atoms with Crippen LogP contribution >= 0.6 is 34.8 Å². The maximum Gasteiger partial charge on any atom is 0.277 e. The Balaban J connectivity index is 1.92. The summed E-state index contributed by atoms with van der Waals surface area (Å²) in [4.78, 5) is 16.4. The van der Waals surface area contributed by atoms with Gasteiger partial charge in [-0.05, 0) is 24.3 Å². The van der Waals surface area contributed by atoms with Crippen molar-refractivity contribution in [2.24, 2.45) is 0 Å². The minimum atomic E-state index is -0.528. The predicted octanol–water partition coefficient (Wildman–Crippen LogP) is 4.15. The van der Waals surface area contributed by atoms with Gasteiger partial charge in [0.15, 0.2) is 0 Å². The average molecular weight is 412 g/mol. The van der Waals surface area contributed by atoms with Crippen molar-refractivity contribution < 1.29 is 9.90 Å². The topological polar surface area (TPSA) is 80.0 Å². The molecule has 0 saturated carbocycles. The van der Waals surface area contributed by atoms with Crippen LogP contribution in [0, 0.1) is 0 Å². The summed E-state index contributed by atoms with van der Waals surface area (Å²) < 4.78 is 1.49. The third-order valence-corrected chi connectivity index (χ3v) is 4.27. The van der Waals surface area contributed by atoms with Gasteiger partial charge in [-0.1, -0.05) is 46.9 Å². The van der Waals surface area contributed by atoms with Crippen molar-refractivity contribution in [1.82, 2.24) is 14.8 Å². The van der Waals surface area contributed by atoms with Gasteiger partial charge in [0.2, 0.25) is 0 Å². The second kappa shape index (κ2) is 8.05. The zero-order valence-corrected chi connectivity index (χ0v) is 15.6. The number of nitrogens with zero attached hydrogens (tertiary/aromatic N) is 3. The number of carbonyl (C=O) groups is 1. The van der Waals surface area contributed by atoms with Gasteiger partial charge in [0, 0.05) is 16.7 Å². The molecule has 6 nitrogen and oxygen atoms in total. The lowest BCUT2D eigenvalue weighted by Gasteiger charge is -2.08. The summed E-state index contributed by atoms with van der Waals surface area (Å²) in [6, 6.07) is 11.8. The summed E-state index contributed by atoms with van der Waals surface area (Å²) in [6.45, 7) is 0.0701. The first-order valence-electron chi connectivity index (χ1n) is 7.56. The third kappa shape index (κ3) is 4.16. The van der Waals surface area contributed by atoms with Gasteiger partial charge in [0.25, 0.3) is 5.91 Å². The van der Waals surface area contributed by atoms with Crippen molar-refractivity contribution in [2.75, 3.05) is 11.9 Å². The molecule has 1 amide bonds. The highest BCUT2D eigenvalue weighted by atomic mass is 35.5. The highest BCUT2D eigenvalue weighted by Gasteiger charge is 2.17. The standard InChI is InChI=1S/C17H13Cl3N4O2/c18-11-3-1-10(2-4-11)13-9-15(24(23-13)7-8-25)22-17(26)16-12(19)5-6-14(20)21-16/h1-6,9,25H,7-8H2,(H,22,26). The van der Waals surface area contributed by atoms with Crippen LogP contribution in [-0.4, -0.2) is 32.4 Å². The van der Waals surface area contributed by atoms with E-state index in [2.05, 4.69) is 15.4 Å². The second-order valence-electron chi connectivity index (χ2n) is 5.29. The highest BCUT2D eigenvalue weighted by Crippen LogP contribution is 2.25. The van der Waals surface area contributed by atoms with E-state index in [1.165, 1.54) is 16.8 Å². The van der Waals surface area contributed by atoms with Crippen LogP contribution in [0.1, 0.15) is 10.5 Å². The van der Waals surface area contributed by atoms with E-state index in [-0.39, 0.29) is 29.0 Å². The number of anilines is 1. The van der Waals surface area contributed by atoms with E-state index in [9.17, 15) is 9.90 Å². The highest BCUT2D eigenvalue weighted by molar-refractivity contribution is 6.35. The minimum absolute atomic E-state index is 0.00366. The molecule has 2 aromatic heterocycles. The SMILES string of the molecule is O=C(Nc1cc(-c2ccc(Cl)cc2)nn1CCO)c1nc(Cl)ccc1Cl. The Morgan fingerprint density at radius 3 is 2.54 bits per heavy atom. The summed E-state index contributed by atoms with van der Waals surface area (Å²) in [6.07, 6.45) is 0. The average Bonchev–Trinajstić information content (AvgIpc) is 3.00. The molecule has 0 bridgehead atoms. The molecule has 0 aliphatic carbocycles. The second-order valence-corrected chi connectivity index (χ2v) is 6.52. The monoisotopic (exact) mass is 410 g/mol. The van der Waals surface area contributed by atoms with Gasteiger partial charge < -0.3 is 10.4 Å². The van der Waals surface area contributed by atoms with Gasteiger partial charge in [-0.25, -0.2) is 9.67 Å². The number of pyridine rings is 1. The van der Waals surface area contributed by atoms with Crippen molar-refractivity contribution in [3.8, 4) is 11.3 Å². The van der Waals surface area contributed by atoms with E-state index in [4.69, 9.17) is 34.8 Å². The molecule has 0 atom stereocenters. The van der Waals surface area contributed by atoms with E-state index >= 15 is 0 Å². The quantitative estimate of drug-likeness (QED) is 0.618. The zero-order chi connectivity index (χ0) is 18.7. The van der Waals surface area contributed by atoms with E-state index in [1.807, 2.05) is 12.1 Å². The molecule has 3 rings (SSSR count). The molecule has 0 saturated heterocycles. The number of nitrogens with one attached hydrogen (secondary N) is 1. The lowest BCUT2D eigenvalue weighted by molar-refractivity contribution is 0.102. The van der Waals surface area contributed by atoms with Crippen molar-refractivity contribution in [3.63, 3.8) is 0 Å². The molecule has 0 fully saturated rings. The Bertz CT molecular complexity index is 942. The summed E-state index contributed by atoms with van der Waals surface area (Å²) in [5.74, 6) is -0.133. The lowest BCUT2D eigenvalue weighted by Crippen LogP contribution is -2.18. The smallest absolute Gasteiger partial charge is 0.277 e. The summed E-state index contributed by atoms with van der Waals surface area (Å²) >= 11 is 17.8. The number of halogens is 3. The molecule has 0 aliphatic heterocycles. The van der Waals surface area contributed by atoms with Crippen LogP contribution in [0.2, 0.25) is 15.2 Å². The number of carbonyl (C=O) groups excluding carboxylic acids is 1. The summed E-state index contributed by atoms with van der Waals surface area (Å²) in [5.41, 5.74) is 1.44. The fraction of sp³-hybridized carbons (Fsp3) is 0.118. The largest absolute Gasteiger partial charge is 0.394 e. The van der Waals surface area contributed by atoms with Crippen molar-refractivity contribution in [3.05, 3.63) is 63.4 Å². The number of rotatable bonds is 5. The van der Waals surface area contributed by atoms with Gasteiger partial charge in [0.1, 0.15) is 16.7 Å². The molecule has 1 aromatic carbocycles. The van der Waals surface area contributed by atoms with E-state index < -0.39 is 5.91 Å². The Morgan fingerprint density at radius 2 is 1.85 bits per heavy atom. The number of hydrogen-bond donors (Lipinski definition) is 2. The summed E-state index contributed by atoms with van der Waals surface area (Å²) in [7, 11) is 0. The Labute approximate surface area is 164 Å². The molecule has 26 heavy (non-hydrogen) atoms. The molecule has 0 radical (unpaired) electrons. The molecular formula is C17H13Cl3N4O2. The molecule has 134 valence electrons. The van der Waals surface area contributed by atoms with E-state index in [1.54, 1.807) is 18.2 Å². The number of aromatic nitrogens is 3. The number of aliphatic hydroxyl groups excluding tert-OH is 1. The number of amides is 1. The molecule has 9 heteroatoms. The van der Waals surface area contributed by atoms with Crippen LogP contribution in [0.4, 0.5) is 5.82 Å². The van der Waals surface area contributed by atoms with Crippen LogP contribution in [0.25, 0.3) is 11.3 Å². The number of aliphatic hydroxyl groups is 1. The van der Waals surface area contributed by atoms with Crippen LogP contribution in [0.5, 0.6) is 0 Å². The maximum absolute atomic E-state index is 12.5. The van der Waals surface area contributed by atoms with Crippen LogP contribution in [-0.2, 0) is 6.54 Å². The third-order valence-electron chi connectivity index (χ3n) is 3.50.